The topological polar surface area (TPSA) is 110 Å². The molecular formula is C12H24N4O3S. The number of nitrogens with two attached hydrogens (primary N) is 1. The summed E-state index contributed by atoms with van der Waals surface area (Å²) in [4.78, 5) is 0.0126. The minimum absolute atomic E-state index is 0.00792. The van der Waals surface area contributed by atoms with Crippen LogP contribution in [0.4, 0.5) is 5.82 Å². The van der Waals surface area contributed by atoms with Gasteiger partial charge in [0.15, 0.2) is 5.82 Å². The van der Waals surface area contributed by atoms with E-state index in [-0.39, 0.29) is 23.2 Å². The molecule has 0 saturated heterocycles. The third kappa shape index (κ3) is 4.46. The Bertz CT molecular complexity index is 507. The molecule has 0 aliphatic rings. The van der Waals surface area contributed by atoms with Gasteiger partial charge in [0.25, 0.3) is 0 Å². The Morgan fingerprint density at radius 1 is 1.45 bits per heavy atom. The third-order valence-electron chi connectivity index (χ3n) is 3.16. The molecule has 1 aromatic rings. The van der Waals surface area contributed by atoms with Gasteiger partial charge in [-0.05, 0) is 25.7 Å². The molecule has 1 rings (SSSR count). The average Bonchev–Trinajstić information content (AvgIpc) is 2.79. The van der Waals surface area contributed by atoms with E-state index in [1.807, 2.05) is 13.8 Å². The molecule has 0 radical (unpaired) electrons. The first-order chi connectivity index (χ1) is 9.44. The van der Waals surface area contributed by atoms with Crippen LogP contribution in [0.2, 0.25) is 0 Å². The van der Waals surface area contributed by atoms with Crippen molar-refractivity contribution in [2.75, 3.05) is 18.9 Å². The number of nitrogens with zero attached hydrogens (tertiary/aromatic N) is 2. The van der Waals surface area contributed by atoms with Crippen molar-refractivity contribution in [3.63, 3.8) is 0 Å². The van der Waals surface area contributed by atoms with Gasteiger partial charge in [0.05, 0.1) is 0 Å². The van der Waals surface area contributed by atoms with Gasteiger partial charge >= 0.3 is 0 Å². The van der Waals surface area contributed by atoms with Crippen molar-refractivity contribution in [2.45, 2.75) is 44.6 Å². The van der Waals surface area contributed by atoms with Crippen molar-refractivity contribution in [2.24, 2.45) is 5.92 Å². The number of aryl methyl sites for hydroxylation is 1. The zero-order valence-corrected chi connectivity index (χ0v) is 12.9. The van der Waals surface area contributed by atoms with Crippen molar-refractivity contribution in [3.05, 3.63) is 6.20 Å². The maximum absolute atomic E-state index is 12.2. The molecule has 0 spiro atoms. The van der Waals surface area contributed by atoms with E-state index in [1.54, 1.807) is 0 Å². The highest BCUT2D eigenvalue weighted by Crippen LogP contribution is 2.17. The van der Waals surface area contributed by atoms with E-state index in [0.717, 1.165) is 12.8 Å². The second kappa shape index (κ2) is 7.61. The molecule has 116 valence electrons. The number of anilines is 1. The van der Waals surface area contributed by atoms with Gasteiger partial charge in [-0.25, -0.2) is 13.1 Å². The van der Waals surface area contributed by atoms with E-state index in [2.05, 4.69) is 9.82 Å². The lowest BCUT2D eigenvalue weighted by Gasteiger charge is -2.15. The van der Waals surface area contributed by atoms with Gasteiger partial charge in [-0.15, -0.1) is 0 Å². The summed E-state index contributed by atoms with van der Waals surface area (Å²) in [6.45, 7) is 4.80. The van der Waals surface area contributed by atoms with Gasteiger partial charge in [0.1, 0.15) is 4.90 Å². The van der Waals surface area contributed by atoms with Crippen LogP contribution < -0.4 is 10.5 Å². The Labute approximate surface area is 120 Å². The van der Waals surface area contributed by atoms with Crippen LogP contribution in [-0.4, -0.2) is 36.5 Å². The molecule has 0 saturated carbocycles. The summed E-state index contributed by atoms with van der Waals surface area (Å²) < 4.78 is 28.4. The molecule has 1 unspecified atom stereocenters. The largest absolute Gasteiger partial charge is 0.396 e. The number of hydrogen-bond acceptors (Lipinski definition) is 5. The first-order valence-electron chi connectivity index (χ1n) is 6.88. The fourth-order valence-electron chi connectivity index (χ4n) is 2.03. The number of aromatic nitrogens is 2. The lowest BCUT2D eigenvalue weighted by molar-refractivity contribution is 0.251. The molecule has 4 N–H and O–H groups in total. The van der Waals surface area contributed by atoms with Crippen molar-refractivity contribution in [3.8, 4) is 0 Å². The first-order valence-corrected chi connectivity index (χ1v) is 8.36. The summed E-state index contributed by atoms with van der Waals surface area (Å²) in [7, 11) is -3.65. The maximum atomic E-state index is 12.2. The summed E-state index contributed by atoms with van der Waals surface area (Å²) in [5.41, 5.74) is 5.64. The number of aliphatic hydroxyl groups is 1. The molecular weight excluding hydrogens is 280 g/mol. The van der Waals surface area contributed by atoms with Gasteiger partial charge in [0, 0.05) is 25.9 Å². The van der Waals surface area contributed by atoms with Gasteiger partial charge in [-0.1, -0.05) is 13.3 Å². The molecule has 1 atom stereocenters. The standard InChI is InChI=1S/C12H24N4O3S/c1-3-5-10(6-7-17)8-14-20(18,19)11-9-16(4-2)15-12(11)13/h9-10,14,17H,3-8H2,1-2H3,(H2,13,15). The normalized spacial score (nSPS) is 13.6. The van der Waals surface area contributed by atoms with Crippen molar-refractivity contribution >= 4 is 15.8 Å². The quantitative estimate of drug-likeness (QED) is 0.617. The van der Waals surface area contributed by atoms with Crippen molar-refractivity contribution in [1.29, 1.82) is 0 Å². The number of sulfonamides is 1. The van der Waals surface area contributed by atoms with E-state index < -0.39 is 10.0 Å². The number of nitrogen functional groups attached to an aromatic ring is 1. The van der Waals surface area contributed by atoms with E-state index in [9.17, 15) is 8.42 Å². The number of hydrogen-bond donors (Lipinski definition) is 3. The van der Waals surface area contributed by atoms with Crippen molar-refractivity contribution < 1.29 is 13.5 Å². The third-order valence-corrected chi connectivity index (χ3v) is 4.61. The predicted molar refractivity (Wildman–Crippen MR) is 77.6 cm³/mol. The molecule has 0 aliphatic heterocycles. The van der Waals surface area contributed by atoms with Crippen LogP contribution in [0.15, 0.2) is 11.1 Å². The van der Waals surface area contributed by atoms with E-state index >= 15 is 0 Å². The van der Waals surface area contributed by atoms with Gasteiger partial charge in [0.2, 0.25) is 10.0 Å². The van der Waals surface area contributed by atoms with Gasteiger partial charge in [-0.2, -0.15) is 5.10 Å². The maximum Gasteiger partial charge on any atom is 0.245 e. The second-order valence-electron chi connectivity index (χ2n) is 4.75. The minimum atomic E-state index is -3.65. The highest BCUT2D eigenvalue weighted by atomic mass is 32.2. The van der Waals surface area contributed by atoms with Crippen LogP contribution >= 0.6 is 0 Å². The molecule has 0 bridgehead atoms. The van der Waals surface area contributed by atoms with Gasteiger partial charge < -0.3 is 10.8 Å². The molecule has 0 fully saturated rings. The lowest BCUT2D eigenvalue weighted by atomic mass is 10.0. The zero-order chi connectivity index (χ0) is 15.2. The Hall–Kier alpha value is -1.12. The number of aliphatic hydroxyl groups excluding tert-OH is 1. The SMILES string of the molecule is CCCC(CCO)CNS(=O)(=O)c1cn(CC)nc1N. The molecule has 8 heteroatoms. The zero-order valence-electron chi connectivity index (χ0n) is 12.0. The monoisotopic (exact) mass is 304 g/mol. The van der Waals surface area contributed by atoms with Crippen LogP contribution in [0.1, 0.15) is 33.1 Å². The Morgan fingerprint density at radius 2 is 2.15 bits per heavy atom. The summed E-state index contributed by atoms with van der Waals surface area (Å²) in [5.74, 6) is 0.135. The van der Waals surface area contributed by atoms with Crippen LogP contribution in [0.25, 0.3) is 0 Å². The molecule has 0 aliphatic carbocycles. The van der Waals surface area contributed by atoms with E-state index in [0.29, 0.717) is 19.5 Å². The summed E-state index contributed by atoms with van der Waals surface area (Å²) in [5, 5.41) is 12.9. The van der Waals surface area contributed by atoms with Crippen LogP contribution in [0.5, 0.6) is 0 Å². The Morgan fingerprint density at radius 3 is 2.65 bits per heavy atom. The van der Waals surface area contributed by atoms with E-state index in [1.165, 1.54) is 10.9 Å². The smallest absolute Gasteiger partial charge is 0.245 e. The summed E-state index contributed by atoms with van der Waals surface area (Å²) in [6, 6.07) is 0. The highest BCUT2D eigenvalue weighted by Gasteiger charge is 2.22. The molecule has 1 aromatic heterocycles. The molecule has 0 aromatic carbocycles. The highest BCUT2D eigenvalue weighted by molar-refractivity contribution is 7.89. The fraction of sp³-hybridized carbons (Fsp3) is 0.750. The Balaban J connectivity index is 2.75. The number of nitrogens with one attached hydrogen (secondary N) is 1. The van der Waals surface area contributed by atoms with Crippen LogP contribution in [0, 0.1) is 5.92 Å². The van der Waals surface area contributed by atoms with Gasteiger partial charge in [-0.3, -0.25) is 4.68 Å². The molecule has 0 amide bonds. The Kier molecular flexibility index (Phi) is 6.44. The average molecular weight is 304 g/mol. The summed E-state index contributed by atoms with van der Waals surface area (Å²) >= 11 is 0. The summed E-state index contributed by atoms with van der Waals surface area (Å²) in [6.07, 6.45) is 3.83. The lowest BCUT2D eigenvalue weighted by Crippen LogP contribution is -2.30. The second-order valence-corrected chi connectivity index (χ2v) is 6.49. The molecule has 7 nitrogen and oxygen atoms in total. The van der Waals surface area contributed by atoms with Crippen LogP contribution in [-0.2, 0) is 16.6 Å². The van der Waals surface area contributed by atoms with Crippen molar-refractivity contribution in [1.82, 2.24) is 14.5 Å². The minimum Gasteiger partial charge on any atom is -0.396 e. The molecule has 20 heavy (non-hydrogen) atoms. The van der Waals surface area contributed by atoms with E-state index in [4.69, 9.17) is 10.8 Å². The molecule has 1 heterocycles. The van der Waals surface area contributed by atoms with Crippen LogP contribution in [0.3, 0.4) is 0 Å². The first kappa shape index (κ1) is 16.9. The number of rotatable bonds is 9. The fourth-order valence-corrected chi connectivity index (χ4v) is 3.22. The predicted octanol–water partition coefficient (Wildman–Crippen LogP) is 0.562.